The van der Waals surface area contributed by atoms with Gasteiger partial charge in [0.15, 0.2) is 0 Å². The molecule has 1 heterocycles. The zero-order valence-corrected chi connectivity index (χ0v) is 20.0. The molecule has 0 saturated carbocycles. The van der Waals surface area contributed by atoms with E-state index in [1.165, 1.54) is 37.5 Å². The fraction of sp³-hybridized carbons (Fsp3) is 0.192. The van der Waals surface area contributed by atoms with Crippen molar-refractivity contribution in [2.75, 3.05) is 35.1 Å². The topological polar surface area (TPSA) is 87.7 Å². The number of methoxy groups -OCH3 is 1. The van der Waals surface area contributed by atoms with Gasteiger partial charge in [-0.3, -0.25) is 9.52 Å². The molecule has 3 aromatic rings. The summed E-state index contributed by atoms with van der Waals surface area (Å²) in [5, 5.41) is 2.69. The summed E-state index contributed by atoms with van der Waals surface area (Å²) in [5.41, 5.74) is 1.74. The van der Waals surface area contributed by atoms with Crippen molar-refractivity contribution in [3.63, 3.8) is 0 Å². The lowest BCUT2D eigenvalue weighted by Crippen LogP contribution is -2.23. The second-order valence-electron chi connectivity index (χ2n) is 8.06. The Hall–Kier alpha value is -3.85. The van der Waals surface area contributed by atoms with Crippen molar-refractivity contribution in [1.29, 1.82) is 0 Å². The van der Waals surface area contributed by atoms with Crippen molar-refractivity contribution >= 4 is 39.1 Å². The Bertz CT molecular complexity index is 1350. The van der Waals surface area contributed by atoms with E-state index < -0.39 is 21.7 Å². The van der Waals surface area contributed by atoms with Crippen LogP contribution in [0, 0.1) is 5.82 Å². The van der Waals surface area contributed by atoms with Gasteiger partial charge in [0.1, 0.15) is 16.5 Å². The molecule has 3 aromatic carbocycles. The molecular weight excluding hydrogens is 469 g/mol. The summed E-state index contributed by atoms with van der Waals surface area (Å²) in [4.78, 5) is 14.5. The standard InChI is InChI=1S/C26H26FN3O4S/c1-34-24-10-3-2-9-22(24)29-35(32,33)25-18-21(12-13-23(25)30-15-4-5-16-30)28-26(31)14-11-19-7-6-8-20(27)17-19/h2-3,6-14,17-18,29H,4-5,15-16H2,1H3,(H,28,31). The molecule has 35 heavy (non-hydrogen) atoms. The number of hydrogen-bond acceptors (Lipinski definition) is 5. The first-order valence-corrected chi connectivity index (χ1v) is 12.6. The third-order valence-electron chi connectivity index (χ3n) is 5.59. The lowest BCUT2D eigenvalue weighted by molar-refractivity contribution is -0.111. The van der Waals surface area contributed by atoms with Gasteiger partial charge in [-0.25, -0.2) is 12.8 Å². The maximum atomic E-state index is 13.5. The molecule has 1 aliphatic rings. The van der Waals surface area contributed by atoms with E-state index >= 15 is 0 Å². The fourth-order valence-corrected chi connectivity index (χ4v) is 5.24. The van der Waals surface area contributed by atoms with Crippen LogP contribution < -0.4 is 19.7 Å². The molecule has 7 nitrogen and oxygen atoms in total. The molecule has 1 saturated heterocycles. The number of sulfonamides is 1. The van der Waals surface area contributed by atoms with E-state index in [1.54, 1.807) is 48.5 Å². The van der Waals surface area contributed by atoms with Crippen molar-refractivity contribution < 1.29 is 22.3 Å². The van der Waals surface area contributed by atoms with Crippen molar-refractivity contribution in [3.05, 3.63) is 84.2 Å². The Balaban J connectivity index is 1.62. The molecule has 0 radical (unpaired) electrons. The maximum absolute atomic E-state index is 13.5. The average Bonchev–Trinajstić information content (AvgIpc) is 3.38. The highest BCUT2D eigenvalue weighted by molar-refractivity contribution is 7.93. The first kappa shape index (κ1) is 24.3. The predicted molar refractivity (Wildman–Crippen MR) is 136 cm³/mol. The number of rotatable bonds is 8. The van der Waals surface area contributed by atoms with E-state index in [0.29, 0.717) is 28.4 Å². The van der Waals surface area contributed by atoms with Gasteiger partial charge in [-0.1, -0.05) is 24.3 Å². The van der Waals surface area contributed by atoms with Gasteiger partial charge in [-0.15, -0.1) is 0 Å². The van der Waals surface area contributed by atoms with Gasteiger partial charge in [0.25, 0.3) is 10.0 Å². The van der Waals surface area contributed by atoms with Gasteiger partial charge in [-0.2, -0.15) is 0 Å². The van der Waals surface area contributed by atoms with E-state index in [0.717, 1.165) is 25.9 Å². The van der Waals surface area contributed by atoms with Crippen LogP contribution in [-0.4, -0.2) is 34.5 Å². The monoisotopic (exact) mass is 495 g/mol. The van der Waals surface area contributed by atoms with E-state index in [4.69, 9.17) is 4.74 Å². The van der Waals surface area contributed by atoms with Crippen molar-refractivity contribution in [2.45, 2.75) is 17.7 Å². The van der Waals surface area contributed by atoms with Crippen LogP contribution in [0.2, 0.25) is 0 Å². The van der Waals surface area contributed by atoms with E-state index in [-0.39, 0.29) is 4.90 Å². The summed E-state index contributed by atoms with van der Waals surface area (Å²) in [6.07, 6.45) is 4.70. The normalized spacial score (nSPS) is 13.7. The molecule has 182 valence electrons. The van der Waals surface area contributed by atoms with Crippen LogP contribution in [0.25, 0.3) is 6.08 Å². The third kappa shape index (κ3) is 5.99. The SMILES string of the molecule is COc1ccccc1NS(=O)(=O)c1cc(NC(=O)C=Cc2cccc(F)c2)ccc1N1CCCC1. The highest BCUT2D eigenvalue weighted by Gasteiger charge is 2.25. The zero-order chi connectivity index (χ0) is 24.8. The van der Waals surface area contributed by atoms with Crippen LogP contribution in [-0.2, 0) is 14.8 Å². The summed E-state index contributed by atoms with van der Waals surface area (Å²) >= 11 is 0. The first-order chi connectivity index (χ1) is 16.9. The number of benzene rings is 3. The summed E-state index contributed by atoms with van der Waals surface area (Å²) in [6.45, 7) is 1.50. The second-order valence-corrected chi connectivity index (χ2v) is 9.71. The third-order valence-corrected chi connectivity index (χ3v) is 6.99. The van der Waals surface area contributed by atoms with E-state index in [1.807, 2.05) is 4.90 Å². The summed E-state index contributed by atoms with van der Waals surface area (Å²) in [7, 11) is -2.55. The Morgan fingerprint density at radius 1 is 1.03 bits per heavy atom. The van der Waals surface area contributed by atoms with Crippen molar-refractivity contribution in [2.24, 2.45) is 0 Å². The van der Waals surface area contributed by atoms with Crippen LogP contribution in [0.3, 0.4) is 0 Å². The molecule has 0 aromatic heterocycles. The van der Waals surface area contributed by atoms with Crippen LogP contribution >= 0.6 is 0 Å². The number of nitrogens with zero attached hydrogens (tertiary/aromatic N) is 1. The largest absolute Gasteiger partial charge is 0.495 e. The highest BCUT2D eigenvalue weighted by Crippen LogP contribution is 2.34. The van der Waals surface area contributed by atoms with Crippen LogP contribution in [0.5, 0.6) is 5.75 Å². The van der Waals surface area contributed by atoms with Crippen LogP contribution in [0.15, 0.2) is 77.7 Å². The summed E-state index contributed by atoms with van der Waals surface area (Å²) in [6, 6.07) is 17.4. The Morgan fingerprint density at radius 2 is 1.80 bits per heavy atom. The number of ether oxygens (including phenoxy) is 1. The predicted octanol–water partition coefficient (Wildman–Crippen LogP) is 4.89. The smallest absolute Gasteiger partial charge is 0.264 e. The molecular formula is C26H26FN3O4S. The minimum absolute atomic E-state index is 0.0530. The maximum Gasteiger partial charge on any atom is 0.264 e. The number of hydrogen-bond donors (Lipinski definition) is 2. The van der Waals surface area contributed by atoms with Gasteiger partial charge in [0.2, 0.25) is 5.91 Å². The molecule has 0 aliphatic carbocycles. The molecule has 1 aliphatic heterocycles. The average molecular weight is 496 g/mol. The highest BCUT2D eigenvalue weighted by atomic mass is 32.2. The van der Waals surface area contributed by atoms with Gasteiger partial charge in [-0.05, 0) is 66.9 Å². The molecule has 0 atom stereocenters. The number of carbonyl (C=O) groups is 1. The molecule has 4 rings (SSSR count). The number of halogens is 1. The lowest BCUT2D eigenvalue weighted by atomic mass is 10.2. The minimum atomic E-state index is -4.01. The summed E-state index contributed by atoms with van der Waals surface area (Å²) in [5.74, 6) is -0.475. The quantitative estimate of drug-likeness (QED) is 0.435. The molecule has 0 unspecified atom stereocenters. The molecule has 0 bridgehead atoms. The van der Waals surface area contributed by atoms with Gasteiger partial charge in [0, 0.05) is 24.9 Å². The van der Waals surface area contributed by atoms with Crippen molar-refractivity contribution in [3.8, 4) is 5.75 Å². The molecule has 2 N–H and O–H groups in total. The molecule has 1 fully saturated rings. The second kappa shape index (κ2) is 10.6. The molecule has 0 spiro atoms. The number of carbonyl (C=O) groups excluding carboxylic acids is 1. The first-order valence-electron chi connectivity index (χ1n) is 11.2. The van der Waals surface area contributed by atoms with E-state index in [2.05, 4.69) is 10.0 Å². The number of nitrogens with one attached hydrogen (secondary N) is 2. The lowest BCUT2D eigenvalue weighted by Gasteiger charge is -2.22. The molecule has 9 heteroatoms. The number of amides is 1. The Kier molecular flexibility index (Phi) is 7.36. The minimum Gasteiger partial charge on any atom is -0.495 e. The fourth-order valence-electron chi connectivity index (χ4n) is 3.92. The van der Waals surface area contributed by atoms with Crippen molar-refractivity contribution in [1.82, 2.24) is 0 Å². The van der Waals surface area contributed by atoms with Crippen LogP contribution in [0.1, 0.15) is 18.4 Å². The number of para-hydroxylation sites is 2. The van der Waals surface area contributed by atoms with Gasteiger partial charge >= 0.3 is 0 Å². The van der Waals surface area contributed by atoms with Crippen LogP contribution in [0.4, 0.5) is 21.5 Å². The Labute approximate surface area is 204 Å². The van der Waals surface area contributed by atoms with Gasteiger partial charge in [0.05, 0.1) is 18.5 Å². The molecule has 1 amide bonds. The number of anilines is 3. The Morgan fingerprint density at radius 3 is 2.54 bits per heavy atom. The summed E-state index contributed by atoms with van der Waals surface area (Å²) < 4.78 is 48.2. The zero-order valence-electron chi connectivity index (χ0n) is 19.2. The van der Waals surface area contributed by atoms with E-state index in [9.17, 15) is 17.6 Å². The van der Waals surface area contributed by atoms with Gasteiger partial charge < -0.3 is 15.0 Å².